The number of rotatable bonds is 5. The van der Waals surface area contributed by atoms with Gasteiger partial charge in [-0.15, -0.1) is 5.10 Å². The summed E-state index contributed by atoms with van der Waals surface area (Å²) in [6, 6.07) is 2.16. The molecule has 1 unspecified atom stereocenters. The summed E-state index contributed by atoms with van der Waals surface area (Å²) in [4.78, 5) is 0. The van der Waals surface area contributed by atoms with Gasteiger partial charge in [0.2, 0.25) is 0 Å². The van der Waals surface area contributed by atoms with Crippen molar-refractivity contribution in [1.82, 2.24) is 20.3 Å². The Morgan fingerprint density at radius 1 is 1.69 bits per heavy atom. The van der Waals surface area contributed by atoms with Gasteiger partial charge in [-0.3, -0.25) is 4.68 Å². The Labute approximate surface area is 77.4 Å². The van der Waals surface area contributed by atoms with Gasteiger partial charge in [-0.05, 0) is 6.92 Å². The first-order valence-corrected chi connectivity index (χ1v) is 4.27. The number of nitrogens with one attached hydrogen (secondary N) is 1. The molecule has 0 aliphatic rings. The third-order valence-corrected chi connectivity index (χ3v) is 1.66. The van der Waals surface area contributed by atoms with Crippen molar-refractivity contribution in [3.63, 3.8) is 0 Å². The fourth-order valence-electron chi connectivity index (χ4n) is 0.910. The van der Waals surface area contributed by atoms with E-state index in [1.165, 1.54) is 0 Å². The SMILES string of the molecule is CC(C#N)CNCCn1ccnn1. The summed E-state index contributed by atoms with van der Waals surface area (Å²) in [6.07, 6.45) is 3.47. The average Bonchev–Trinajstić information content (AvgIpc) is 2.64. The highest BCUT2D eigenvalue weighted by Gasteiger charge is 1.97. The quantitative estimate of drug-likeness (QED) is 0.647. The van der Waals surface area contributed by atoms with E-state index in [4.69, 9.17) is 5.26 Å². The summed E-state index contributed by atoms with van der Waals surface area (Å²) < 4.78 is 1.75. The number of aromatic nitrogens is 3. The van der Waals surface area contributed by atoms with E-state index in [1.807, 2.05) is 13.1 Å². The van der Waals surface area contributed by atoms with Gasteiger partial charge >= 0.3 is 0 Å². The molecule has 1 atom stereocenters. The fraction of sp³-hybridized carbons (Fsp3) is 0.625. The molecular formula is C8H13N5. The van der Waals surface area contributed by atoms with Gasteiger partial charge in [0.25, 0.3) is 0 Å². The van der Waals surface area contributed by atoms with Crippen LogP contribution in [0.25, 0.3) is 0 Å². The second-order valence-corrected chi connectivity index (χ2v) is 2.90. The first-order valence-electron chi connectivity index (χ1n) is 4.27. The van der Waals surface area contributed by atoms with E-state index < -0.39 is 0 Å². The van der Waals surface area contributed by atoms with Crippen LogP contribution in [-0.4, -0.2) is 28.1 Å². The lowest BCUT2D eigenvalue weighted by molar-refractivity contribution is 0.519. The van der Waals surface area contributed by atoms with E-state index >= 15 is 0 Å². The van der Waals surface area contributed by atoms with Gasteiger partial charge in [-0.2, -0.15) is 5.26 Å². The van der Waals surface area contributed by atoms with Gasteiger partial charge < -0.3 is 5.32 Å². The average molecular weight is 179 g/mol. The second kappa shape index (κ2) is 5.27. The zero-order chi connectivity index (χ0) is 9.52. The van der Waals surface area contributed by atoms with Gasteiger partial charge in [0.1, 0.15) is 0 Å². The predicted molar refractivity (Wildman–Crippen MR) is 47.7 cm³/mol. The van der Waals surface area contributed by atoms with Crippen LogP contribution in [0.3, 0.4) is 0 Å². The summed E-state index contributed by atoms with van der Waals surface area (Å²) in [6.45, 7) is 4.22. The molecule has 1 aromatic heterocycles. The van der Waals surface area contributed by atoms with Crippen LogP contribution in [0.1, 0.15) is 6.92 Å². The number of nitriles is 1. The van der Waals surface area contributed by atoms with Crippen LogP contribution in [0.15, 0.2) is 12.4 Å². The molecule has 13 heavy (non-hydrogen) atoms. The monoisotopic (exact) mass is 179 g/mol. The molecule has 0 saturated heterocycles. The summed E-state index contributed by atoms with van der Waals surface area (Å²) >= 11 is 0. The molecule has 0 bridgehead atoms. The fourth-order valence-corrected chi connectivity index (χ4v) is 0.910. The van der Waals surface area contributed by atoms with Crippen molar-refractivity contribution in [2.45, 2.75) is 13.5 Å². The molecule has 0 aliphatic heterocycles. The lowest BCUT2D eigenvalue weighted by Gasteiger charge is -2.04. The minimum absolute atomic E-state index is 0.0655. The largest absolute Gasteiger partial charge is 0.314 e. The molecule has 0 radical (unpaired) electrons. The van der Waals surface area contributed by atoms with Gasteiger partial charge in [-0.1, -0.05) is 5.21 Å². The molecule has 0 aliphatic carbocycles. The molecule has 1 aromatic rings. The van der Waals surface area contributed by atoms with E-state index in [-0.39, 0.29) is 5.92 Å². The van der Waals surface area contributed by atoms with E-state index in [9.17, 15) is 0 Å². The van der Waals surface area contributed by atoms with Crippen molar-refractivity contribution >= 4 is 0 Å². The topological polar surface area (TPSA) is 66.5 Å². The Morgan fingerprint density at radius 3 is 3.15 bits per heavy atom. The molecule has 1 rings (SSSR count). The van der Waals surface area contributed by atoms with Crippen LogP contribution in [-0.2, 0) is 6.54 Å². The minimum Gasteiger partial charge on any atom is -0.314 e. The lowest BCUT2D eigenvalue weighted by Crippen LogP contribution is -2.24. The van der Waals surface area contributed by atoms with Crippen LogP contribution in [0.5, 0.6) is 0 Å². The molecule has 0 spiro atoms. The maximum Gasteiger partial charge on any atom is 0.0692 e. The Kier molecular flexibility index (Phi) is 3.93. The van der Waals surface area contributed by atoms with Crippen LogP contribution in [0.2, 0.25) is 0 Å². The van der Waals surface area contributed by atoms with E-state index in [1.54, 1.807) is 10.9 Å². The summed E-state index contributed by atoms with van der Waals surface area (Å²) in [5.41, 5.74) is 0. The van der Waals surface area contributed by atoms with E-state index in [2.05, 4.69) is 21.7 Å². The van der Waals surface area contributed by atoms with Crippen LogP contribution in [0.4, 0.5) is 0 Å². The molecule has 1 heterocycles. The highest BCUT2D eigenvalue weighted by molar-refractivity contribution is 4.79. The van der Waals surface area contributed by atoms with Crippen LogP contribution < -0.4 is 5.32 Å². The van der Waals surface area contributed by atoms with Gasteiger partial charge in [0.05, 0.1) is 24.7 Å². The minimum atomic E-state index is 0.0655. The second-order valence-electron chi connectivity index (χ2n) is 2.90. The molecule has 0 fully saturated rings. The summed E-state index contributed by atoms with van der Waals surface area (Å²) in [5.74, 6) is 0.0655. The molecular weight excluding hydrogens is 166 g/mol. The number of hydrogen-bond donors (Lipinski definition) is 1. The van der Waals surface area contributed by atoms with Crippen molar-refractivity contribution in [3.8, 4) is 6.07 Å². The van der Waals surface area contributed by atoms with E-state index in [0.29, 0.717) is 0 Å². The summed E-state index contributed by atoms with van der Waals surface area (Å²) in [7, 11) is 0. The molecule has 0 saturated carbocycles. The van der Waals surface area contributed by atoms with Gasteiger partial charge in [0.15, 0.2) is 0 Å². The van der Waals surface area contributed by atoms with E-state index in [0.717, 1.165) is 19.6 Å². The lowest BCUT2D eigenvalue weighted by atomic mass is 10.2. The van der Waals surface area contributed by atoms with Crippen molar-refractivity contribution in [3.05, 3.63) is 12.4 Å². The summed E-state index contributed by atoms with van der Waals surface area (Å²) in [5, 5.41) is 19.2. The normalized spacial score (nSPS) is 12.3. The van der Waals surface area contributed by atoms with Crippen LogP contribution in [0, 0.1) is 17.2 Å². The van der Waals surface area contributed by atoms with Crippen molar-refractivity contribution in [2.75, 3.05) is 13.1 Å². The van der Waals surface area contributed by atoms with Gasteiger partial charge in [0, 0.05) is 19.3 Å². The first kappa shape index (κ1) is 9.68. The van der Waals surface area contributed by atoms with Crippen molar-refractivity contribution < 1.29 is 0 Å². The highest BCUT2D eigenvalue weighted by atomic mass is 15.4. The van der Waals surface area contributed by atoms with Gasteiger partial charge in [-0.25, -0.2) is 0 Å². The van der Waals surface area contributed by atoms with Crippen LogP contribution >= 0.6 is 0 Å². The Balaban J connectivity index is 2.06. The van der Waals surface area contributed by atoms with Crippen molar-refractivity contribution in [1.29, 1.82) is 5.26 Å². The maximum absolute atomic E-state index is 8.50. The molecule has 0 amide bonds. The smallest absolute Gasteiger partial charge is 0.0692 e. The zero-order valence-electron chi connectivity index (χ0n) is 7.64. The Bertz CT molecular complexity index is 261. The number of nitrogens with zero attached hydrogens (tertiary/aromatic N) is 4. The number of hydrogen-bond acceptors (Lipinski definition) is 4. The maximum atomic E-state index is 8.50. The Morgan fingerprint density at radius 2 is 2.54 bits per heavy atom. The molecule has 70 valence electrons. The molecule has 0 aromatic carbocycles. The third kappa shape index (κ3) is 3.67. The molecule has 1 N–H and O–H groups in total. The molecule has 5 heteroatoms. The Hall–Kier alpha value is -1.41. The zero-order valence-corrected chi connectivity index (χ0v) is 7.64. The molecule has 5 nitrogen and oxygen atoms in total. The first-order chi connectivity index (χ1) is 6.33. The predicted octanol–water partition coefficient (Wildman–Crippen LogP) is 0.0274. The third-order valence-electron chi connectivity index (χ3n) is 1.66. The highest BCUT2D eigenvalue weighted by Crippen LogP contribution is 1.87. The van der Waals surface area contributed by atoms with Crippen molar-refractivity contribution in [2.24, 2.45) is 5.92 Å². The standard InChI is InChI=1S/C8H13N5/c1-8(6-9)7-10-2-4-13-5-3-11-12-13/h3,5,8,10H,2,4,7H2,1H3.